The molecule has 24 nitrogen and oxygen atoms in total. The highest BCUT2D eigenvalue weighted by Crippen LogP contribution is 2.44. The summed E-state index contributed by atoms with van der Waals surface area (Å²) < 4.78 is 0. The quantitative estimate of drug-likeness (QED) is 0.0527. The van der Waals surface area contributed by atoms with Crippen LogP contribution in [0.2, 0.25) is 15.5 Å². The minimum atomic E-state index is -0.492. The number of carbonyl (C=O) groups excluding carboxylic acids is 4. The van der Waals surface area contributed by atoms with Gasteiger partial charge in [0.1, 0.15) is 41.5 Å². The molecule has 8 aromatic heterocycles. The Morgan fingerprint density at radius 2 is 0.723 bits per heavy atom. The Morgan fingerprint density at radius 3 is 1.13 bits per heavy atom. The number of thiazole rings is 4. The van der Waals surface area contributed by atoms with Crippen LogP contribution in [0.4, 0.5) is 19.2 Å². The van der Waals surface area contributed by atoms with Crippen LogP contribution >= 0.6 is 80.1 Å². The molecule has 582 valence electrons. The van der Waals surface area contributed by atoms with Crippen LogP contribution in [0.1, 0.15) is 117 Å². The second-order valence-electron chi connectivity index (χ2n) is 27.0. The number of hydrogen-bond donors (Lipinski definition) is 8. The number of nitriles is 4. The molecule has 12 heterocycles. The molecular weight excluding hydrogens is 1640 g/mol. The number of halogens is 3. The van der Waals surface area contributed by atoms with Crippen LogP contribution in [0.5, 0.6) is 0 Å². The van der Waals surface area contributed by atoms with Crippen LogP contribution in [-0.4, -0.2) is 64.0 Å². The van der Waals surface area contributed by atoms with Gasteiger partial charge in [-0.15, -0.1) is 45.3 Å². The number of amides is 8. The molecule has 4 unspecified atom stereocenters. The standard InChI is InChI=1S/C24H16ClN5OS.C24H17N5OS.2C20H14ClN5OS/c1-13-20(23-29-19(12-32-23)15-8-6-14(11-26)7-9-15)21(30-24(31)27-13)17-10-16-4-2-3-5-18(16)28-22(17)25;1-14-21(23-28-20(13-31-23)17-8-6-15(12-25)7-9-17)22(29-24(30)26-14)19-11-10-16-4-2-3-5-18(16)27-19;1-11-17(18(26-20(27)24-11)14-6-7-16(21)23-9-14)19-25-15(10-28-19)13-4-2-12(8-22)3-5-13;1-11-16(17(26-20(27)24-11)14-3-2-8-23-18(14)21)19-25-15(10-28-19)13-6-4-12(9-22)5-7-13/h2-10,12,21H,1H3,(H2,27,30,31);2-11,13,22H,1H3,(H2,26,29,30);2-7,9-10,18H,1H3,(H2,24,26,27);2-8,10,17H,1H3,(H2,24,26,27). The molecule has 0 bridgehead atoms. The van der Waals surface area contributed by atoms with E-state index in [0.717, 1.165) is 138 Å². The summed E-state index contributed by atoms with van der Waals surface area (Å²) in [5.74, 6) is 0. The molecule has 4 aliphatic rings. The first-order chi connectivity index (χ1) is 57.8. The second kappa shape index (κ2) is 35.5. The van der Waals surface area contributed by atoms with Gasteiger partial charge in [-0.1, -0.05) is 138 Å². The van der Waals surface area contributed by atoms with Crippen LogP contribution in [0, 0.1) is 45.3 Å². The maximum atomic E-state index is 12.3. The number of allylic oxidation sites excluding steroid dienone is 4. The van der Waals surface area contributed by atoms with Gasteiger partial charge < -0.3 is 42.5 Å². The van der Waals surface area contributed by atoms with E-state index in [1.54, 1.807) is 73.1 Å². The highest BCUT2D eigenvalue weighted by Gasteiger charge is 2.36. The largest absolute Gasteiger partial charge is 0.327 e. The van der Waals surface area contributed by atoms with Crippen molar-refractivity contribution in [3.8, 4) is 69.3 Å². The highest BCUT2D eigenvalue weighted by molar-refractivity contribution is 7.12. The van der Waals surface area contributed by atoms with Crippen LogP contribution in [0.3, 0.4) is 0 Å². The number of rotatable bonds is 12. The smallest absolute Gasteiger partial charge is 0.319 e. The fraction of sp³-hybridized carbons (Fsp3) is 0.0909. The normalized spacial score (nSPS) is 16.1. The van der Waals surface area contributed by atoms with Crippen molar-refractivity contribution in [2.45, 2.75) is 51.9 Å². The summed E-state index contributed by atoms with van der Waals surface area (Å²) in [5, 5.41) is 73.2. The van der Waals surface area contributed by atoms with Gasteiger partial charge in [0.25, 0.3) is 0 Å². The lowest BCUT2D eigenvalue weighted by Gasteiger charge is -2.28. The summed E-state index contributed by atoms with van der Waals surface area (Å²) in [6, 6.07) is 63.5. The monoisotopic (exact) mass is 1690 g/mol. The number of nitrogens with one attached hydrogen (secondary N) is 8. The number of hydrogen-bond acceptors (Lipinski definition) is 20. The van der Waals surface area contributed by atoms with Gasteiger partial charge in [-0.25, -0.2) is 54.1 Å². The van der Waals surface area contributed by atoms with Gasteiger partial charge in [0, 0.05) is 123 Å². The number of carbonyl (C=O) groups is 4. The molecule has 4 atom stereocenters. The molecule has 119 heavy (non-hydrogen) atoms. The minimum absolute atomic E-state index is 0.259. The zero-order valence-electron chi connectivity index (χ0n) is 62.9. The molecular formula is C88H61Cl3N20O4S4. The van der Waals surface area contributed by atoms with E-state index in [1.165, 1.54) is 45.3 Å². The summed E-state index contributed by atoms with van der Waals surface area (Å²) in [7, 11) is 0. The van der Waals surface area contributed by atoms with Crippen LogP contribution in [0.25, 0.3) is 89.1 Å². The number of urea groups is 4. The number of pyridine rings is 4. The number of benzene rings is 6. The van der Waals surface area contributed by atoms with Gasteiger partial charge in [0.05, 0.1) is 104 Å². The molecule has 0 fully saturated rings. The minimum Gasteiger partial charge on any atom is -0.327 e. The highest BCUT2D eigenvalue weighted by atomic mass is 35.5. The van der Waals surface area contributed by atoms with Crippen LogP contribution in [0.15, 0.2) is 245 Å². The molecule has 31 heteroatoms. The van der Waals surface area contributed by atoms with Crippen molar-refractivity contribution >= 4 is 148 Å². The van der Waals surface area contributed by atoms with E-state index in [1.807, 2.05) is 177 Å². The third-order valence-electron chi connectivity index (χ3n) is 19.4. The summed E-state index contributed by atoms with van der Waals surface area (Å²) in [6.07, 6.45) is 3.26. The van der Waals surface area contributed by atoms with Crippen molar-refractivity contribution in [3.63, 3.8) is 0 Å². The molecule has 0 spiro atoms. The van der Waals surface area contributed by atoms with E-state index in [9.17, 15) is 19.2 Å². The topological polar surface area (TPSA) is 363 Å². The average molecular weight is 1700 g/mol. The first-order valence-electron chi connectivity index (χ1n) is 36.4. The Morgan fingerprint density at radius 1 is 0.353 bits per heavy atom. The fourth-order valence-corrected chi connectivity index (χ4v) is 18.0. The molecule has 4 aliphatic heterocycles. The molecule has 0 aliphatic carbocycles. The first kappa shape index (κ1) is 80.0. The summed E-state index contributed by atoms with van der Waals surface area (Å²) in [4.78, 5) is 85.5. The Bertz CT molecular complexity index is 6650. The van der Waals surface area contributed by atoms with Gasteiger partial charge in [0.2, 0.25) is 0 Å². The second-order valence-corrected chi connectivity index (χ2v) is 31.5. The van der Waals surface area contributed by atoms with E-state index in [-0.39, 0.29) is 30.2 Å². The Labute approximate surface area is 711 Å². The number of fused-ring (bicyclic) bond motifs is 2. The molecule has 0 saturated carbocycles. The lowest BCUT2D eigenvalue weighted by Crippen LogP contribution is -2.43. The third kappa shape index (κ3) is 17.8. The zero-order valence-corrected chi connectivity index (χ0v) is 68.5. The van der Waals surface area contributed by atoms with Crippen LogP contribution < -0.4 is 42.5 Å². The average Bonchev–Trinajstić information content (AvgIpc) is 1.74. The lowest BCUT2D eigenvalue weighted by molar-refractivity contribution is 0.239. The van der Waals surface area contributed by atoms with Crippen molar-refractivity contribution in [3.05, 3.63) is 325 Å². The Balaban J connectivity index is 0.000000124. The molecule has 0 saturated heterocycles. The van der Waals surface area contributed by atoms with Crippen molar-refractivity contribution < 1.29 is 19.2 Å². The zero-order chi connectivity index (χ0) is 83.0. The Hall–Kier alpha value is -14.2. The van der Waals surface area contributed by atoms with E-state index in [0.29, 0.717) is 54.5 Å². The maximum absolute atomic E-state index is 12.3. The van der Waals surface area contributed by atoms with Gasteiger partial charge in [-0.05, 0) is 118 Å². The third-order valence-corrected chi connectivity index (χ3v) is 23.7. The predicted octanol–water partition coefficient (Wildman–Crippen LogP) is 19.7. The number of aromatic nitrogens is 8. The van der Waals surface area contributed by atoms with Gasteiger partial charge in [0.15, 0.2) is 0 Å². The van der Waals surface area contributed by atoms with Gasteiger partial charge >= 0.3 is 24.1 Å². The molecule has 14 aromatic rings. The van der Waals surface area contributed by atoms with E-state index < -0.39 is 18.1 Å². The summed E-state index contributed by atoms with van der Waals surface area (Å²) in [6.45, 7) is 7.43. The molecule has 8 amide bonds. The lowest BCUT2D eigenvalue weighted by atomic mass is 9.96. The molecule has 0 radical (unpaired) electrons. The number of para-hydroxylation sites is 2. The van der Waals surface area contributed by atoms with Gasteiger partial charge in [-0.2, -0.15) is 21.0 Å². The Kier molecular flexibility index (Phi) is 23.9. The predicted molar refractivity (Wildman–Crippen MR) is 464 cm³/mol. The van der Waals surface area contributed by atoms with E-state index in [4.69, 9.17) is 80.8 Å². The molecule has 8 N–H and O–H groups in total. The van der Waals surface area contributed by atoms with E-state index >= 15 is 0 Å². The SMILES string of the molecule is CC1=C(c2nc(-c3ccc(C#N)cc3)cs2)C(c2cc3ccccc3nc2Cl)NC(=O)N1.CC1=C(c2nc(-c3ccc(C#N)cc3)cs2)C(c2ccc(Cl)nc2)NC(=O)N1.CC1=C(c2nc(-c3ccc(C#N)cc3)cs2)C(c2ccc3ccccc3n2)NC(=O)N1.CC1=C(c2nc(-c3ccc(C#N)cc3)cs2)C(c2cccnc2Cl)NC(=O)N1. The van der Waals surface area contributed by atoms with Crippen molar-refractivity contribution in [1.82, 2.24) is 82.4 Å². The van der Waals surface area contributed by atoms with Crippen LogP contribution in [-0.2, 0) is 0 Å². The van der Waals surface area contributed by atoms with E-state index in [2.05, 4.69) is 81.8 Å². The van der Waals surface area contributed by atoms with Crippen molar-refractivity contribution in [1.29, 1.82) is 21.0 Å². The summed E-state index contributed by atoms with van der Waals surface area (Å²) >= 11 is 24.7. The molecule has 18 rings (SSSR count). The fourth-order valence-electron chi connectivity index (χ4n) is 13.6. The first-order valence-corrected chi connectivity index (χ1v) is 41.0. The summed E-state index contributed by atoms with van der Waals surface area (Å²) in [5.41, 5.74) is 20.4. The number of nitrogens with zero attached hydrogens (tertiary/aromatic N) is 12. The van der Waals surface area contributed by atoms with Crippen molar-refractivity contribution in [2.75, 3.05) is 0 Å². The van der Waals surface area contributed by atoms with Crippen molar-refractivity contribution in [2.24, 2.45) is 0 Å². The maximum Gasteiger partial charge on any atom is 0.319 e. The molecule has 6 aromatic carbocycles. The van der Waals surface area contributed by atoms with Gasteiger partial charge in [-0.3, -0.25) is 4.98 Å².